The lowest BCUT2D eigenvalue weighted by Crippen LogP contribution is -2.41. The van der Waals surface area contributed by atoms with Crippen LogP contribution in [0.2, 0.25) is 0 Å². The minimum absolute atomic E-state index is 0.0242. The molecule has 1 saturated carbocycles. The van der Waals surface area contributed by atoms with E-state index in [2.05, 4.69) is 90.7 Å². The Kier molecular flexibility index (Phi) is 5.34. The van der Waals surface area contributed by atoms with Gasteiger partial charge in [0.05, 0.1) is 17.2 Å². The first-order valence-corrected chi connectivity index (χ1v) is 13.3. The van der Waals surface area contributed by atoms with Gasteiger partial charge in [0.2, 0.25) is 0 Å². The van der Waals surface area contributed by atoms with Crippen LogP contribution in [-0.4, -0.2) is 9.78 Å². The van der Waals surface area contributed by atoms with Gasteiger partial charge in [0.1, 0.15) is 11.2 Å². The zero-order valence-corrected chi connectivity index (χ0v) is 21.5. The van der Waals surface area contributed by atoms with Crippen molar-refractivity contribution in [1.29, 1.82) is 5.26 Å². The lowest BCUT2D eigenvalue weighted by Gasteiger charge is -2.30. The van der Waals surface area contributed by atoms with E-state index in [4.69, 9.17) is 5.10 Å². The standard InChI is InChI=1S/C32H33N4/c1-4-6-18-31-22-32(31,17-5-2)36-30(35(23(3)34-36)27-14-10-11-24(19-27)21-33)28-20-26(15-16-29(28)31)25-12-8-7-9-13-25/h7-16,19-20H,4-6,17-18,22H2,1-3H3/q+1/t31?,32-/m0/s1. The largest absolute Gasteiger partial charge is 0.279 e. The molecule has 0 spiro atoms. The maximum Gasteiger partial charge on any atom is 0.279 e. The van der Waals surface area contributed by atoms with E-state index >= 15 is 0 Å². The summed E-state index contributed by atoms with van der Waals surface area (Å²) in [5.41, 5.74) is 7.03. The van der Waals surface area contributed by atoms with Gasteiger partial charge in [0, 0.05) is 23.9 Å². The third-order valence-electron chi connectivity index (χ3n) is 8.48. The Morgan fingerprint density at radius 2 is 1.78 bits per heavy atom. The molecule has 4 heteroatoms. The lowest BCUT2D eigenvalue weighted by molar-refractivity contribution is -0.592. The molecule has 36 heavy (non-hydrogen) atoms. The molecule has 180 valence electrons. The first kappa shape index (κ1) is 22.7. The fraction of sp³-hybridized carbons (Fsp3) is 0.344. The van der Waals surface area contributed by atoms with E-state index in [0.29, 0.717) is 5.56 Å². The maximum absolute atomic E-state index is 9.58. The summed E-state index contributed by atoms with van der Waals surface area (Å²) in [6.45, 7) is 6.69. The Bertz CT molecular complexity index is 1490. The third-order valence-corrected chi connectivity index (χ3v) is 8.48. The molecular weight excluding hydrogens is 440 g/mol. The molecule has 2 heterocycles. The normalized spacial score (nSPS) is 21.3. The van der Waals surface area contributed by atoms with Gasteiger partial charge < -0.3 is 0 Å². The molecule has 3 aromatic carbocycles. The highest BCUT2D eigenvalue weighted by atomic mass is 15.5. The molecule has 1 aliphatic carbocycles. The molecule has 0 amide bonds. The van der Waals surface area contributed by atoms with Crippen LogP contribution in [0.5, 0.6) is 0 Å². The van der Waals surface area contributed by atoms with Crippen LogP contribution in [0.4, 0.5) is 0 Å². The molecule has 4 nitrogen and oxygen atoms in total. The summed E-state index contributed by atoms with van der Waals surface area (Å²) in [5, 5.41) is 14.8. The highest BCUT2D eigenvalue weighted by molar-refractivity contribution is 5.76. The van der Waals surface area contributed by atoms with Crippen LogP contribution in [0.25, 0.3) is 28.2 Å². The molecule has 0 radical (unpaired) electrons. The number of hydrogen-bond acceptors (Lipinski definition) is 2. The second kappa shape index (κ2) is 8.45. The van der Waals surface area contributed by atoms with E-state index in [0.717, 1.165) is 36.6 Å². The van der Waals surface area contributed by atoms with Crippen LogP contribution >= 0.6 is 0 Å². The molecule has 6 rings (SSSR count). The summed E-state index contributed by atoms with van der Waals surface area (Å²) in [7, 11) is 0. The average molecular weight is 474 g/mol. The average Bonchev–Trinajstić information content (AvgIpc) is 3.45. The Labute approximate surface area is 213 Å². The molecule has 4 aromatic rings. The predicted octanol–water partition coefficient (Wildman–Crippen LogP) is 7.01. The van der Waals surface area contributed by atoms with Crippen molar-refractivity contribution in [3.63, 3.8) is 0 Å². The molecule has 2 atom stereocenters. The van der Waals surface area contributed by atoms with E-state index in [-0.39, 0.29) is 11.0 Å². The smallest absolute Gasteiger partial charge is 0.194 e. The molecule has 2 aliphatic rings. The number of nitriles is 1. The van der Waals surface area contributed by atoms with Gasteiger partial charge in [-0.2, -0.15) is 9.83 Å². The van der Waals surface area contributed by atoms with Gasteiger partial charge in [-0.25, -0.2) is 0 Å². The van der Waals surface area contributed by atoms with Crippen LogP contribution in [0.1, 0.15) is 69.3 Å². The van der Waals surface area contributed by atoms with Crippen LogP contribution in [0.3, 0.4) is 0 Å². The highest BCUT2D eigenvalue weighted by Crippen LogP contribution is 2.71. The Morgan fingerprint density at radius 3 is 2.53 bits per heavy atom. The fourth-order valence-corrected chi connectivity index (χ4v) is 6.86. The monoisotopic (exact) mass is 473 g/mol. The Morgan fingerprint density at radius 1 is 0.944 bits per heavy atom. The molecular formula is C32H33N4+. The van der Waals surface area contributed by atoms with Crippen molar-refractivity contribution in [1.82, 2.24) is 9.78 Å². The van der Waals surface area contributed by atoms with Crippen molar-refractivity contribution < 1.29 is 4.57 Å². The van der Waals surface area contributed by atoms with Crippen LogP contribution in [-0.2, 0) is 11.0 Å². The summed E-state index contributed by atoms with van der Waals surface area (Å²) < 4.78 is 4.66. The number of hydrogen-bond donors (Lipinski definition) is 0. The van der Waals surface area contributed by atoms with Crippen molar-refractivity contribution >= 4 is 0 Å². The minimum atomic E-state index is 0.0242. The van der Waals surface area contributed by atoms with E-state index in [1.165, 1.54) is 41.5 Å². The van der Waals surface area contributed by atoms with Gasteiger partial charge in [-0.3, -0.25) is 0 Å². The SMILES string of the molecule is CCCCC12C[C@]1(CCC)n1nc(C)[n+](-c3cccc(C#N)c3)c1-c1cc(-c3ccccc3)ccc12. The minimum Gasteiger partial charge on any atom is -0.194 e. The zero-order chi connectivity index (χ0) is 24.9. The van der Waals surface area contributed by atoms with Gasteiger partial charge in [-0.05, 0) is 53.8 Å². The first-order chi connectivity index (χ1) is 17.6. The maximum atomic E-state index is 9.58. The number of aryl methyl sites for hydroxylation is 1. The molecule has 0 bridgehead atoms. The van der Waals surface area contributed by atoms with E-state index in [1.807, 2.05) is 18.2 Å². The third kappa shape index (κ3) is 3.12. The van der Waals surface area contributed by atoms with Crippen molar-refractivity contribution in [2.75, 3.05) is 0 Å². The summed E-state index contributed by atoms with van der Waals surface area (Å²) in [6, 6.07) is 28.0. The second-order valence-corrected chi connectivity index (χ2v) is 10.6. The second-order valence-electron chi connectivity index (χ2n) is 10.6. The van der Waals surface area contributed by atoms with Gasteiger partial charge >= 0.3 is 0 Å². The molecule has 1 aliphatic heterocycles. The highest BCUT2D eigenvalue weighted by Gasteiger charge is 2.76. The molecule has 1 fully saturated rings. The topological polar surface area (TPSA) is 45.5 Å². The van der Waals surface area contributed by atoms with Gasteiger partial charge in [0.25, 0.3) is 11.6 Å². The fourth-order valence-electron chi connectivity index (χ4n) is 6.86. The van der Waals surface area contributed by atoms with Gasteiger partial charge in [-0.15, -0.1) is 0 Å². The number of unbranched alkanes of at least 4 members (excludes halogenated alkanes) is 1. The summed E-state index contributed by atoms with van der Waals surface area (Å²) in [6.07, 6.45) is 7.04. The van der Waals surface area contributed by atoms with Gasteiger partial charge in [-0.1, -0.05) is 86.3 Å². The number of nitrogens with zero attached hydrogens (tertiary/aromatic N) is 4. The summed E-state index contributed by atoms with van der Waals surface area (Å²) in [5.74, 6) is 2.11. The van der Waals surface area contributed by atoms with Crippen LogP contribution in [0.15, 0.2) is 72.8 Å². The van der Waals surface area contributed by atoms with Crippen molar-refractivity contribution in [3.05, 3.63) is 89.7 Å². The number of benzene rings is 3. The number of rotatable bonds is 7. The Hall–Kier alpha value is -3.71. The molecule has 0 saturated heterocycles. The van der Waals surface area contributed by atoms with Crippen LogP contribution < -0.4 is 4.57 Å². The molecule has 1 aromatic heterocycles. The van der Waals surface area contributed by atoms with Crippen molar-refractivity contribution in [2.45, 2.75) is 70.3 Å². The summed E-state index contributed by atoms with van der Waals surface area (Å²) >= 11 is 0. The predicted molar refractivity (Wildman–Crippen MR) is 143 cm³/mol. The van der Waals surface area contributed by atoms with E-state index < -0.39 is 0 Å². The lowest BCUT2D eigenvalue weighted by atomic mass is 9.78. The van der Waals surface area contributed by atoms with E-state index in [1.54, 1.807) is 0 Å². The quantitative estimate of drug-likeness (QED) is 0.271. The number of aromatic nitrogens is 3. The molecule has 0 N–H and O–H groups in total. The zero-order valence-electron chi connectivity index (χ0n) is 21.5. The van der Waals surface area contributed by atoms with Crippen LogP contribution in [0, 0.1) is 18.3 Å². The van der Waals surface area contributed by atoms with Crippen molar-refractivity contribution in [3.8, 4) is 34.3 Å². The summed E-state index contributed by atoms with van der Waals surface area (Å²) in [4.78, 5) is 0. The molecule has 1 unspecified atom stereocenters. The van der Waals surface area contributed by atoms with E-state index in [9.17, 15) is 5.26 Å². The Balaban J connectivity index is 1.65. The first-order valence-electron chi connectivity index (χ1n) is 13.3. The number of fused-ring (bicyclic) bond motifs is 6. The van der Waals surface area contributed by atoms with Gasteiger partial charge in [0.15, 0.2) is 0 Å². The van der Waals surface area contributed by atoms with Crippen molar-refractivity contribution in [2.24, 2.45) is 0 Å².